The molecule has 0 amide bonds. The van der Waals surface area contributed by atoms with Gasteiger partial charge in [0.2, 0.25) is 10.0 Å². The number of benzene rings is 1. The molecular weight excluding hydrogens is 212 g/mol. The van der Waals surface area contributed by atoms with Gasteiger partial charge in [0.25, 0.3) is 0 Å². The van der Waals surface area contributed by atoms with Gasteiger partial charge in [0.1, 0.15) is 0 Å². The second kappa shape index (κ2) is 3.36. The summed E-state index contributed by atoms with van der Waals surface area (Å²) in [6.45, 7) is 0. The van der Waals surface area contributed by atoms with Crippen LogP contribution in [0.3, 0.4) is 0 Å². The molecule has 1 heterocycles. The lowest BCUT2D eigenvalue weighted by atomic mass is 10.2. The standard InChI is InChI=1S/C10H12N2O2S/c1-12-5-4-9-3-2-8(6-10(9)12)7-15(11,13)14/h2-6H,7H2,1H3,(H2,11,13,14). The Bertz CT molecular complexity index is 599. The van der Waals surface area contributed by atoms with Crippen LogP contribution in [0.4, 0.5) is 0 Å². The molecule has 0 fully saturated rings. The lowest BCUT2D eigenvalue weighted by Gasteiger charge is -2.01. The molecule has 0 radical (unpaired) electrons. The van der Waals surface area contributed by atoms with Crippen LogP contribution in [0.25, 0.3) is 10.9 Å². The number of primary sulfonamides is 1. The summed E-state index contributed by atoms with van der Waals surface area (Å²) in [5, 5.41) is 6.08. The van der Waals surface area contributed by atoms with E-state index in [0.717, 1.165) is 10.9 Å². The van der Waals surface area contributed by atoms with Crippen LogP contribution in [-0.4, -0.2) is 13.0 Å². The van der Waals surface area contributed by atoms with Gasteiger partial charge in [-0.1, -0.05) is 12.1 Å². The fourth-order valence-electron chi connectivity index (χ4n) is 1.63. The molecule has 80 valence electrons. The third kappa shape index (κ3) is 2.19. The topological polar surface area (TPSA) is 65.1 Å². The van der Waals surface area contributed by atoms with Crippen LogP contribution in [0.1, 0.15) is 5.56 Å². The Balaban J connectivity index is 2.51. The minimum atomic E-state index is -3.45. The maximum atomic E-state index is 10.9. The summed E-state index contributed by atoms with van der Waals surface area (Å²) in [6.07, 6.45) is 1.94. The van der Waals surface area contributed by atoms with Crippen LogP contribution in [0.5, 0.6) is 0 Å². The first-order chi connectivity index (χ1) is 6.96. The predicted molar refractivity (Wildman–Crippen MR) is 59.7 cm³/mol. The number of rotatable bonds is 2. The second-order valence-corrected chi connectivity index (χ2v) is 5.24. The average Bonchev–Trinajstić information content (AvgIpc) is 2.45. The summed E-state index contributed by atoms with van der Waals surface area (Å²) in [6, 6.07) is 7.51. The summed E-state index contributed by atoms with van der Waals surface area (Å²) < 4.78 is 23.8. The number of aromatic nitrogens is 1. The number of hydrogen-bond acceptors (Lipinski definition) is 2. The van der Waals surface area contributed by atoms with Crippen LogP contribution in [-0.2, 0) is 22.8 Å². The zero-order valence-electron chi connectivity index (χ0n) is 8.34. The zero-order chi connectivity index (χ0) is 11.1. The fourth-order valence-corrected chi connectivity index (χ4v) is 2.27. The number of nitrogens with two attached hydrogens (primary N) is 1. The molecule has 0 saturated heterocycles. The largest absolute Gasteiger partial charge is 0.351 e. The van der Waals surface area contributed by atoms with Gasteiger partial charge in [-0.2, -0.15) is 0 Å². The molecule has 0 bridgehead atoms. The molecule has 4 nitrogen and oxygen atoms in total. The van der Waals surface area contributed by atoms with Crippen molar-refractivity contribution in [1.29, 1.82) is 0 Å². The number of fused-ring (bicyclic) bond motifs is 1. The molecule has 0 aliphatic rings. The number of nitrogens with zero attached hydrogens (tertiary/aromatic N) is 1. The van der Waals surface area contributed by atoms with Gasteiger partial charge >= 0.3 is 0 Å². The molecule has 1 aromatic heterocycles. The molecule has 0 saturated carbocycles. The van der Waals surface area contributed by atoms with Crippen LogP contribution < -0.4 is 5.14 Å². The maximum absolute atomic E-state index is 10.9. The Morgan fingerprint density at radius 1 is 1.33 bits per heavy atom. The maximum Gasteiger partial charge on any atom is 0.213 e. The first-order valence-electron chi connectivity index (χ1n) is 4.50. The van der Waals surface area contributed by atoms with Crippen molar-refractivity contribution in [2.24, 2.45) is 12.2 Å². The van der Waals surface area contributed by atoms with E-state index >= 15 is 0 Å². The lowest BCUT2D eigenvalue weighted by molar-refractivity contribution is 0.597. The van der Waals surface area contributed by atoms with E-state index in [9.17, 15) is 8.42 Å². The van der Waals surface area contributed by atoms with Crippen molar-refractivity contribution in [1.82, 2.24) is 4.57 Å². The quantitative estimate of drug-likeness (QED) is 0.826. The van der Waals surface area contributed by atoms with Gasteiger partial charge in [-0.25, -0.2) is 13.6 Å². The molecular formula is C10H12N2O2S. The molecule has 0 unspecified atom stereocenters. The smallest absolute Gasteiger partial charge is 0.213 e. The number of sulfonamides is 1. The summed E-state index contributed by atoms with van der Waals surface area (Å²) in [7, 11) is -1.53. The van der Waals surface area contributed by atoms with Crippen molar-refractivity contribution >= 4 is 20.9 Å². The first-order valence-corrected chi connectivity index (χ1v) is 6.22. The predicted octanol–water partition coefficient (Wildman–Crippen LogP) is 0.967. The molecule has 1 aromatic carbocycles. The molecule has 0 atom stereocenters. The van der Waals surface area contributed by atoms with Gasteiger partial charge in [-0.3, -0.25) is 0 Å². The zero-order valence-corrected chi connectivity index (χ0v) is 9.16. The van der Waals surface area contributed by atoms with Crippen molar-refractivity contribution in [2.75, 3.05) is 0 Å². The highest BCUT2D eigenvalue weighted by molar-refractivity contribution is 7.88. The van der Waals surface area contributed by atoms with Crippen LogP contribution in [0, 0.1) is 0 Å². The van der Waals surface area contributed by atoms with Crippen LogP contribution >= 0.6 is 0 Å². The molecule has 15 heavy (non-hydrogen) atoms. The van der Waals surface area contributed by atoms with E-state index in [-0.39, 0.29) is 5.75 Å². The van der Waals surface area contributed by atoms with Crippen molar-refractivity contribution in [3.05, 3.63) is 36.0 Å². The van der Waals surface area contributed by atoms with E-state index in [2.05, 4.69) is 0 Å². The first kappa shape index (κ1) is 10.2. The van der Waals surface area contributed by atoms with E-state index in [1.165, 1.54) is 0 Å². The van der Waals surface area contributed by atoms with Gasteiger partial charge in [0.05, 0.1) is 5.75 Å². The van der Waals surface area contributed by atoms with Gasteiger partial charge in [0.15, 0.2) is 0 Å². The Kier molecular flexibility index (Phi) is 2.28. The van der Waals surface area contributed by atoms with E-state index in [4.69, 9.17) is 5.14 Å². The van der Waals surface area contributed by atoms with Crippen molar-refractivity contribution in [3.8, 4) is 0 Å². The highest BCUT2D eigenvalue weighted by atomic mass is 32.2. The minimum Gasteiger partial charge on any atom is -0.351 e. The molecule has 2 aromatic rings. The van der Waals surface area contributed by atoms with Gasteiger partial charge < -0.3 is 4.57 Å². The van der Waals surface area contributed by atoms with Gasteiger partial charge in [-0.05, 0) is 23.1 Å². The highest BCUT2D eigenvalue weighted by Gasteiger charge is 2.06. The van der Waals surface area contributed by atoms with E-state index in [1.807, 2.05) is 36.0 Å². The van der Waals surface area contributed by atoms with E-state index < -0.39 is 10.0 Å². The Morgan fingerprint density at radius 2 is 2.07 bits per heavy atom. The third-order valence-corrected chi connectivity index (χ3v) is 3.06. The average molecular weight is 224 g/mol. The second-order valence-electron chi connectivity index (χ2n) is 3.63. The van der Waals surface area contributed by atoms with Gasteiger partial charge in [0, 0.05) is 18.8 Å². The number of hydrogen-bond donors (Lipinski definition) is 1. The van der Waals surface area contributed by atoms with Crippen molar-refractivity contribution in [2.45, 2.75) is 5.75 Å². The fraction of sp³-hybridized carbons (Fsp3) is 0.200. The molecule has 2 N–H and O–H groups in total. The van der Waals surface area contributed by atoms with Crippen molar-refractivity contribution < 1.29 is 8.42 Å². The lowest BCUT2D eigenvalue weighted by Crippen LogP contribution is -2.14. The van der Waals surface area contributed by atoms with E-state index in [1.54, 1.807) is 6.07 Å². The molecule has 0 aliphatic heterocycles. The monoisotopic (exact) mass is 224 g/mol. The Labute approximate surface area is 88.4 Å². The summed E-state index contributed by atoms with van der Waals surface area (Å²) in [5.41, 5.74) is 1.72. The van der Waals surface area contributed by atoms with Crippen molar-refractivity contribution in [3.63, 3.8) is 0 Å². The molecule has 0 aliphatic carbocycles. The molecule has 5 heteroatoms. The third-order valence-electron chi connectivity index (χ3n) is 2.32. The summed E-state index contributed by atoms with van der Waals surface area (Å²) in [4.78, 5) is 0. The summed E-state index contributed by atoms with van der Waals surface area (Å²) in [5.74, 6) is -0.117. The number of aryl methyl sites for hydroxylation is 1. The van der Waals surface area contributed by atoms with Crippen LogP contribution in [0.15, 0.2) is 30.5 Å². The minimum absolute atomic E-state index is 0.117. The SMILES string of the molecule is Cn1ccc2ccc(CS(N)(=O)=O)cc21. The molecule has 0 spiro atoms. The molecule has 2 rings (SSSR count). The highest BCUT2D eigenvalue weighted by Crippen LogP contribution is 2.17. The summed E-state index contributed by atoms with van der Waals surface area (Å²) >= 11 is 0. The Morgan fingerprint density at radius 3 is 2.73 bits per heavy atom. The van der Waals surface area contributed by atoms with E-state index in [0.29, 0.717) is 5.56 Å². The van der Waals surface area contributed by atoms with Crippen LogP contribution in [0.2, 0.25) is 0 Å². The van der Waals surface area contributed by atoms with Gasteiger partial charge in [-0.15, -0.1) is 0 Å². The Hall–Kier alpha value is -1.33. The normalized spacial score (nSPS) is 12.1.